The van der Waals surface area contributed by atoms with Gasteiger partial charge in [0.1, 0.15) is 0 Å². The molecule has 110 valence electrons. The molecular weight excluding hydrogens is 296 g/mol. The molecule has 0 spiro atoms. The Bertz CT molecular complexity index is 470. The standard InChI is InChI=1S/C13H18N2O3S2/c16-11(7-9-2-5-19-6-3-9)14-4-1-12-15-10(8-20-12)13(17)18/h8-9H,1-7H2,(H,14,16)(H,17,18). The zero-order valence-corrected chi connectivity index (χ0v) is 12.8. The van der Waals surface area contributed by atoms with Gasteiger partial charge in [-0.25, -0.2) is 9.78 Å². The predicted molar refractivity (Wildman–Crippen MR) is 80.5 cm³/mol. The van der Waals surface area contributed by atoms with Crippen molar-refractivity contribution in [2.45, 2.75) is 25.7 Å². The Morgan fingerprint density at radius 3 is 2.80 bits per heavy atom. The van der Waals surface area contributed by atoms with E-state index in [0.29, 0.717) is 25.3 Å². The summed E-state index contributed by atoms with van der Waals surface area (Å²) in [5.41, 5.74) is 0.0797. The molecule has 0 atom stereocenters. The molecule has 2 N–H and O–H groups in total. The van der Waals surface area contributed by atoms with Gasteiger partial charge in [-0.05, 0) is 30.3 Å². The van der Waals surface area contributed by atoms with Gasteiger partial charge in [-0.2, -0.15) is 11.8 Å². The smallest absolute Gasteiger partial charge is 0.355 e. The molecule has 1 amide bonds. The van der Waals surface area contributed by atoms with Crippen LogP contribution in [0.1, 0.15) is 34.8 Å². The number of thiazole rings is 1. The second-order valence-corrected chi connectivity index (χ2v) is 6.96. The van der Waals surface area contributed by atoms with Gasteiger partial charge in [-0.3, -0.25) is 4.79 Å². The molecule has 1 aliphatic heterocycles. The van der Waals surface area contributed by atoms with Crippen LogP contribution in [-0.4, -0.2) is 40.0 Å². The first-order valence-corrected chi connectivity index (χ1v) is 8.70. The average Bonchev–Trinajstić information content (AvgIpc) is 2.89. The molecule has 20 heavy (non-hydrogen) atoms. The van der Waals surface area contributed by atoms with Gasteiger partial charge in [0, 0.05) is 24.8 Å². The van der Waals surface area contributed by atoms with Gasteiger partial charge in [0.05, 0.1) is 5.01 Å². The molecule has 0 aromatic carbocycles. The van der Waals surface area contributed by atoms with Gasteiger partial charge >= 0.3 is 5.97 Å². The third-order valence-electron chi connectivity index (χ3n) is 3.25. The number of carboxylic acids is 1. The van der Waals surface area contributed by atoms with Gasteiger partial charge in [0.15, 0.2) is 5.69 Å². The molecular formula is C13H18N2O3S2. The molecule has 5 nitrogen and oxygen atoms in total. The fourth-order valence-corrected chi connectivity index (χ4v) is 4.09. The van der Waals surface area contributed by atoms with E-state index in [1.807, 2.05) is 11.8 Å². The van der Waals surface area contributed by atoms with Crippen molar-refractivity contribution in [3.05, 3.63) is 16.1 Å². The number of hydrogen-bond donors (Lipinski definition) is 2. The van der Waals surface area contributed by atoms with Crippen molar-refractivity contribution >= 4 is 35.0 Å². The summed E-state index contributed by atoms with van der Waals surface area (Å²) in [4.78, 5) is 26.5. The number of nitrogens with zero attached hydrogens (tertiary/aromatic N) is 1. The molecule has 2 heterocycles. The number of amides is 1. The SMILES string of the molecule is O=C(CC1CCSCC1)NCCc1nc(C(=O)O)cs1. The van der Waals surface area contributed by atoms with Gasteiger partial charge in [0.2, 0.25) is 5.91 Å². The molecule has 1 aromatic heterocycles. The second-order valence-electron chi connectivity index (χ2n) is 4.79. The molecule has 0 aliphatic carbocycles. The maximum absolute atomic E-state index is 11.8. The van der Waals surface area contributed by atoms with E-state index in [9.17, 15) is 9.59 Å². The Labute approximate surface area is 126 Å². The van der Waals surface area contributed by atoms with E-state index < -0.39 is 5.97 Å². The molecule has 0 bridgehead atoms. The third-order valence-corrected chi connectivity index (χ3v) is 5.20. The number of rotatable bonds is 6. The Balaban J connectivity index is 1.66. The predicted octanol–water partition coefficient (Wildman–Crippen LogP) is 2.03. The number of aromatic nitrogens is 1. The monoisotopic (exact) mass is 314 g/mol. The van der Waals surface area contributed by atoms with Crippen LogP contribution in [0.15, 0.2) is 5.38 Å². The van der Waals surface area contributed by atoms with E-state index in [0.717, 1.165) is 29.4 Å². The van der Waals surface area contributed by atoms with Crippen LogP contribution in [0.25, 0.3) is 0 Å². The number of carboxylic acid groups (broad SMARTS) is 1. The highest BCUT2D eigenvalue weighted by molar-refractivity contribution is 7.99. The fraction of sp³-hybridized carbons (Fsp3) is 0.615. The summed E-state index contributed by atoms with van der Waals surface area (Å²) in [5, 5.41) is 13.9. The lowest BCUT2D eigenvalue weighted by Crippen LogP contribution is -2.28. The van der Waals surface area contributed by atoms with Crippen LogP contribution in [0, 0.1) is 5.92 Å². The van der Waals surface area contributed by atoms with Gasteiger partial charge in [-0.15, -0.1) is 11.3 Å². The Morgan fingerprint density at radius 1 is 1.40 bits per heavy atom. The van der Waals surface area contributed by atoms with Crippen molar-refractivity contribution in [3.63, 3.8) is 0 Å². The van der Waals surface area contributed by atoms with Crippen LogP contribution < -0.4 is 5.32 Å². The number of nitrogens with one attached hydrogen (secondary N) is 1. The number of carbonyl (C=O) groups excluding carboxylic acids is 1. The van der Waals surface area contributed by atoms with E-state index >= 15 is 0 Å². The lowest BCUT2D eigenvalue weighted by molar-refractivity contribution is -0.122. The van der Waals surface area contributed by atoms with Crippen molar-refractivity contribution in [2.75, 3.05) is 18.1 Å². The summed E-state index contributed by atoms with van der Waals surface area (Å²) >= 11 is 3.28. The van der Waals surface area contributed by atoms with Gasteiger partial charge < -0.3 is 10.4 Å². The number of hydrogen-bond acceptors (Lipinski definition) is 5. The molecule has 0 unspecified atom stereocenters. The van der Waals surface area contributed by atoms with E-state index in [2.05, 4.69) is 10.3 Å². The minimum Gasteiger partial charge on any atom is -0.476 e. The van der Waals surface area contributed by atoms with Crippen molar-refractivity contribution in [1.82, 2.24) is 10.3 Å². The van der Waals surface area contributed by atoms with Crippen LogP contribution in [0.5, 0.6) is 0 Å². The summed E-state index contributed by atoms with van der Waals surface area (Å²) in [6.07, 6.45) is 3.46. The fourth-order valence-electron chi connectivity index (χ4n) is 2.12. The maximum atomic E-state index is 11.8. The van der Waals surface area contributed by atoms with Gasteiger partial charge in [0.25, 0.3) is 0 Å². The topological polar surface area (TPSA) is 79.3 Å². The quantitative estimate of drug-likeness (QED) is 0.840. The number of carbonyl (C=O) groups is 2. The molecule has 2 rings (SSSR count). The van der Waals surface area contributed by atoms with E-state index in [-0.39, 0.29) is 11.6 Å². The lowest BCUT2D eigenvalue weighted by Gasteiger charge is -2.20. The summed E-state index contributed by atoms with van der Waals surface area (Å²) < 4.78 is 0. The Kier molecular flexibility index (Phi) is 5.85. The Hall–Kier alpha value is -1.08. The highest BCUT2D eigenvalue weighted by Gasteiger charge is 2.17. The molecule has 1 aliphatic rings. The van der Waals surface area contributed by atoms with Crippen LogP contribution in [-0.2, 0) is 11.2 Å². The minimum atomic E-state index is -1.01. The Morgan fingerprint density at radius 2 is 2.15 bits per heavy atom. The normalized spacial score (nSPS) is 16.0. The second kappa shape index (κ2) is 7.64. The zero-order chi connectivity index (χ0) is 14.4. The summed E-state index contributed by atoms with van der Waals surface area (Å²) in [6.45, 7) is 0.521. The molecule has 0 saturated carbocycles. The molecule has 1 aromatic rings. The van der Waals surface area contributed by atoms with Crippen LogP contribution >= 0.6 is 23.1 Å². The van der Waals surface area contributed by atoms with Crippen molar-refractivity contribution < 1.29 is 14.7 Å². The summed E-state index contributed by atoms with van der Waals surface area (Å²) in [5.74, 6) is 1.93. The van der Waals surface area contributed by atoms with Crippen molar-refractivity contribution in [2.24, 2.45) is 5.92 Å². The highest BCUT2D eigenvalue weighted by Crippen LogP contribution is 2.25. The van der Waals surface area contributed by atoms with Crippen LogP contribution in [0.2, 0.25) is 0 Å². The maximum Gasteiger partial charge on any atom is 0.355 e. The molecule has 0 radical (unpaired) electrons. The largest absolute Gasteiger partial charge is 0.476 e. The summed E-state index contributed by atoms with van der Waals surface area (Å²) in [6, 6.07) is 0. The first kappa shape index (κ1) is 15.3. The molecule has 1 fully saturated rings. The van der Waals surface area contributed by atoms with Gasteiger partial charge in [-0.1, -0.05) is 0 Å². The number of aromatic carboxylic acids is 1. The summed E-state index contributed by atoms with van der Waals surface area (Å²) in [7, 11) is 0. The van der Waals surface area contributed by atoms with Crippen molar-refractivity contribution in [3.8, 4) is 0 Å². The van der Waals surface area contributed by atoms with E-state index in [1.54, 1.807) is 0 Å². The number of thioether (sulfide) groups is 1. The zero-order valence-electron chi connectivity index (χ0n) is 11.1. The van der Waals surface area contributed by atoms with E-state index in [4.69, 9.17) is 5.11 Å². The lowest BCUT2D eigenvalue weighted by atomic mass is 9.98. The van der Waals surface area contributed by atoms with Crippen molar-refractivity contribution in [1.29, 1.82) is 0 Å². The van der Waals surface area contributed by atoms with Crippen LogP contribution in [0.4, 0.5) is 0 Å². The first-order valence-electron chi connectivity index (χ1n) is 6.67. The molecule has 7 heteroatoms. The minimum absolute atomic E-state index is 0.0797. The average molecular weight is 314 g/mol. The first-order chi connectivity index (χ1) is 9.65. The van der Waals surface area contributed by atoms with Crippen LogP contribution in [0.3, 0.4) is 0 Å². The van der Waals surface area contributed by atoms with E-state index in [1.165, 1.54) is 16.7 Å². The third kappa shape index (κ3) is 4.79. The molecule has 1 saturated heterocycles. The highest BCUT2D eigenvalue weighted by atomic mass is 32.2.